The largest absolute Gasteiger partial charge is 0.469 e. The van der Waals surface area contributed by atoms with E-state index in [1.54, 1.807) is 0 Å². The third-order valence-electron chi connectivity index (χ3n) is 1.64. The van der Waals surface area contributed by atoms with E-state index < -0.39 is 0 Å². The molecule has 0 aliphatic rings. The van der Waals surface area contributed by atoms with Crippen LogP contribution in [0, 0.1) is 0 Å². The summed E-state index contributed by atoms with van der Waals surface area (Å²) in [5.74, 6) is -0.0532. The van der Waals surface area contributed by atoms with Gasteiger partial charge in [0.2, 0.25) is 0 Å². The summed E-state index contributed by atoms with van der Waals surface area (Å²) in [7, 11) is 1.33. The maximum Gasteiger partial charge on any atom is 0.305 e. The van der Waals surface area contributed by atoms with E-state index in [1.165, 1.54) is 13.3 Å². The third-order valence-corrected chi connectivity index (χ3v) is 1.83. The molecule has 0 aromatic carbocycles. The second-order valence-corrected chi connectivity index (χ2v) is 2.99. The molecule has 0 atom stereocenters. The van der Waals surface area contributed by atoms with Gasteiger partial charge in [-0.25, -0.2) is 4.98 Å². The Hall–Kier alpha value is -1.36. The summed E-state index contributed by atoms with van der Waals surface area (Å²) >= 11 is 5.56. The molecule has 0 saturated heterocycles. The van der Waals surface area contributed by atoms with Crippen molar-refractivity contribution in [1.82, 2.24) is 9.97 Å². The Morgan fingerprint density at radius 2 is 2.43 bits per heavy atom. The van der Waals surface area contributed by atoms with Crippen molar-refractivity contribution in [2.24, 2.45) is 0 Å². The number of carbonyl (C=O) groups excluding carboxylic acids is 1. The van der Waals surface area contributed by atoms with Crippen molar-refractivity contribution in [2.75, 3.05) is 12.8 Å². The van der Waals surface area contributed by atoms with E-state index in [2.05, 4.69) is 14.7 Å². The molecule has 0 amide bonds. The minimum absolute atomic E-state index is 0.233. The van der Waals surface area contributed by atoms with Gasteiger partial charge < -0.3 is 10.5 Å². The van der Waals surface area contributed by atoms with Crippen LogP contribution in [-0.2, 0) is 16.0 Å². The lowest BCUT2D eigenvalue weighted by Gasteiger charge is -2.02. The number of halogens is 1. The minimum atomic E-state index is -0.304. The first-order valence-electron chi connectivity index (χ1n) is 3.97. The molecule has 2 N–H and O–H groups in total. The molecule has 5 nitrogen and oxygen atoms in total. The Kier molecular flexibility index (Phi) is 3.64. The van der Waals surface area contributed by atoms with Gasteiger partial charge in [0.05, 0.1) is 25.4 Å². The van der Waals surface area contributed by atoms with Gasteiger partial charge in [-0.05, 0) is 0 Å². The van der Waals surface area contributed by atoms with Gasteiger partial charge in [-0.2, -0.15) is 0 Å². The van der Waals surface area contributed by atoms with E-state index in [4.69, 9.17) is 17.3 Å². The number of hydrogen-bond acceptors (Lipinski definition) is 5. The average molecular weight is 216 g/mol. The average Bonchev–Trinajstić information content (AvgIpc) is 2.16. The predicted octanol–water partition coefficient (Wildman–Crippen LogP) is 0.818. The molecule has 0 radical (unpaired) electrons. The lowest BCUT2D eigenvalue weighted by atomic mass is 10.2. The van der Waals surface area contributed by atoms with Crippen LogP contribution >= 0.6 is 11.6 Å². The summed E-state index contributed by atoms with van der Waals surface area (Å²) in [4.78, 5) is 18.6. The highest BCUT2D eigenvalue weighted by molar-refractivity contribution is 6.29. The predicted molar refractivity (Wildman–Crippen MR) is 51.8 cm³/mol. The summed E-state index contributed by atoms with van der Waals surface area (Å²) in [6, 6.07) is 0. The van der Waals surface area contributed by atoms with Gasteiger partial charge in [-0.1, -0.05) is 11.6 Å². The number of hydrogen-bond donors (Lipinski definition) is 1. The van der Waals surface area contributed by atoms with Crippen LogP contribution in [-0.4, -0.2) is 23.0 Å². The van der Waals surface area contributed by atoms with Gasteiger partial charge in [0, 0.05) is 6.42 Å². The second kappa shape index (κ2) is 4.76. The van der Waals surface area contributed by atoms with Crippen LogP contribution in [0.15, 0.2) is 6.20 Å². The number of rotatable bonds is 3. The summed E-state index contributed by atoms with van der Waals surface area (Å²) in [5.41, 5.74) is 6.09. The normalized spacial score (nSPS) is 9.86. The van der Waals surface area contributed by atoms with Crippen LogP contribution in [0.2, 0.25) is 5.15 Å². The monoisotopic (exact) mass is 215 g/mol. The zero-order valence-corrected chi connectivity index (χ0v) is 8.41. The van der Waals surface area contributed by atoms with E-state index in [0.717, 1.165) is 0 Å². The molecule has 1 aromatic heterocycles. The number of carbonyl (C=O) groups is 1. The first-order chi connectivity index (χ1) is 6.63. The first kappa shape index (κ1) is 10.7. The van der Waals surface area contributed by atoms with E-state index in [1.807, 2.05) is 0 Å². The molecule has 1 heterocycles. The summed E-state index contributed by atoms with van der Waals surface area (Å²) in [6.07, 6.45) is 2.03. The van der Waals surface area contributed by atoms with Gasteiger partial charge in [0.25, 0.3) is 0 Å². The quantitative estimate of drug-likeness (QED) is 0.756. The maximum absolute atomic E-state index is 10.8. The van der Waals surface area contributed by atoms with Crippen molar-refractivity contribution in [3.63, 3.8) is 0 Å². The summed E-state index contributed by atoms with van der Waals surface area (Å²) in [6.45, 7) is 0. The van der Waals surface area contributed by atoms with E-state index in [-0.39, 0.29) is 23.4 Å². The molecule has 76 valence electrons. The topological polar surface area (TPSA) is 78.1 Å². The van der Waals surface area contributed by atoms with Gasteiger partial charge in [0.15, 0.2) is 0 Å². The van der Waals surface area contributed by atoms with Crippen molar-refractivity contribution < 1.29 is 9.53 Å². The van der Waals surface area contributed by atoms with E-state index >= 15 is 0 Å². The number of aromatic nitrogens is 2. The Bertz CT molecular complexity index is 343. The smallest absolute Gasteiger partial charge is 0.305 e. The van der Waals surface area contributed by atoms with Crippen LogP contribution in [0.3, 0.4) is 0 Å². The molecule has 1 rings (SSSR count). The fourth-order valence-electron chi connectivity index (χ4n) is 0.921. The highest BCUT2D eigenvalue weighted by atomic mass is 35.5. The Morgan fingerprint density at radius 3 is 3.00 bits per heavy atom. The molecule has 1 aromatic rings. The van der Waals surface area contributed by atoms with Crippen LogP contribution < -0.4 is 5.73 Å². The van der Waals surface area contributed by atoms with Crippen molar-refractivity contribution in [3.05, 3.63) is 17.0 Å². The number of nitrogens with zero attached hydrogens (tertiary/aromatic N) is 2. The molecular weight excluding hydrogens is 206 g/mol. The van der Waals surface area contributed by atoms with Gasteiger partial charge in [-0.3, -0.25) is 9.78 Å². The molecule has 0 unspecified atom stereocenters. The lowest BCUT2D eigenvalue weighted by molar-refractivity contribution is -0.140. The van der Waals surface area contributed by atoms with Crippen LogP contribution in [0.1, 0.15) is 12.1 Å². The number of anilines is 1. The molecule has 14 heavy (non-hydrogen) atoms. The zero-order chi connectivity index (χ0) is 10.6. The lowest BCUT2D eigenvalue weighted by Crippen LogP contribution is -2.06. The second-order valence-electron chi connectivity index (χ2n) is 2.60. The van der Waals surface area contributed by atoms with Gasteiger partial charge in [-0.15, -0.1) is 0 Å². The van der Waals surface area contributed by atoms with Gasteiger partial charge >= 0.3 is 5.97 Å². The number of nitrogen functional groups attached to an aromatic ring is 1. The molecule has 0 aliphatic heterocycles. The Labute approximate surface area is 86.2 Å². The Morgan fingerprint density at radius 1 is 1.71 bits per heavy atom. The first-order valence-corrected chi connectivity index (χ1v) is 4.35. The van der Waals surface area contributed by atoms with E-state index in [0.29, 0.717) is 12.1 Å². The van der Waals surface area contributed by atoms with Crippen molar-refractivity contribution in [1.29, 1.82) is 0 Å². The highest BCUT2D eigenvalue weighted by Crippen LogP contribution is 2.11. The van der Waals surface area contributed by atoms with Crippen LogP contribution in [0.4, 0.5) is 5.82 Å². The zero-order valence-electron chi connectivity index (χ0n) is 7.66. The molecule has 0 spiro atoms. The molecule has 6 heteroatoms. The molecule has 0 saturated carbocycles. The van der Waals surface area contributed by atoms with Crippen molar-refractivity contribution in [2.45, 2.75) is 12.8 Å². The number of ether oxygens (including phenoxy) is 1. The molecular formula is C8H10ClN3O2. The summed E-state index contributed by atoms with van der Waals surface area (Å²) < 4.78 is 4.48. The number of nitrogens with two attached hydrogens (primary N) is 1. The fraction of sp³-hybridized carbons (Fsp3) is 0.375. The number of esters is 1. The maximum atomic E-state index is 10.8. The standard InChI is InChI=1S/C8H10ClN3O2/c1-14-7(13)3-2-5-8(10)12-6(9)4-11-5/h4H,2-3H2,1H3,(H2,10,12). The molecule has 0 fully saturated rings. The third kappa shape index (κ3) is 2.85. The fourth-order valence-corrected chi connectivity index (χ4v) is 1.06. The molecule has 0 bridgehead atoms. The van der Waals surface area contributed by atoms with Crippen molar-refractivity contribution in [3.8, 4) is 0 Å². The Balaban J connectivity index is 2.63. The number of methoxy groups -OCH3 is 1. The molecule has 0 aliphatic carbocycles. The van der Waals surface area contributed by atoms with Crippen molar-refractivity contribution >= 4 is 23.4 Å². The van der Waals surface area contributed by atoms with E-state index in [9.17, 15) is 4.79 Å². The minimum Gasteiger partial charge on any atom is -0.469 e. The van der Waals surface area contributed by atoms with Gasteiger partial charge in [0.1, 0.15) is 11.0 Å². The number of aryl methyl sites for hydroxylation is 1. The van der Waals surface area contributed by atoms with Crippen LogP contribution in [0.5, 0.6) is 0 Å². The van der Waals surface area contributed by atoms with Crippen LogP contribution in [0.25, 0.3) is 0 Å². The summed E-state index contributed by atoms with van der Waals surface area (Å²) in [5, 5.41) is 0.240. The highest BCUT2D eigenvalue weighted by Gasteiger charge is 2.06. The SMILES string of the molecule is COC(=O)CCc1ncc(Cl)nc1N.